The third kappa shape index (κ3) is 4.96. The molecule has 0 saturated carbocycles. The normalized spacial score (nSPS) is 16.0. The molecule has 1 N–H and O–H groups in total. The third-order valence-corrected chi connectivity index (χ3v) is 7.18. The minimum Gasteiger partial charge on any atom is -0.464 e. The highest BCUT2D eigenvalue weighted by molar-refractivity contribution is 7.89. The molecule has 1 saturated heterocycles. The third-order valence-electron chi connectivity index (χ3n) is 5.32. The Bertz CT molecular complexity index is 1100. The Morgan fingerprint density at radius 1 is 1.12 bits per heavy atom. The number of amides is 1. The fourth-order valence-corrected chi connectivity index (χ4v) is 5.02. The zero-order valence-corrected chi connectivity index (χ0v) is 18.2. The number of carbonyl (C=O) groups excluding carboxylic acids is 2. The number of hydrogen-bond acceptors (Lipinski definition) is 5. The Kier molecular flexibility index (Phi) is 6.65. The summed E-state index contributed by atoms with van der Waals surface area (Å²) < 4.78 is 71.0. The van der Waals surface area contributed by atoms with Crippen LogP contribution in [0, 0.1) is 5.92 Å². The van der Waals surface area contributed by atoms with Gasteiger partial charge < -0.3 is 14.6 Å². The molecule has 1 aromatic carbocycles. The standard InChI is InChI=1S/C20H22F3N3O5S/c1-25-12-16(11-17(25)19(28)31-2)32(29,30)26-9-7-13(8-10-26)18(27)24-15-5-3-14(4-6-15)20(21,22)23/h3-6,11-13H,7-10H2,1-2H3,(H,24,27). The summed E-state index contributed by atoms with van der Waals surface area (Å²) in [5.74, 6) is -1.52. The Morgan fingerprint density at radius 3 is 2.25 bits per heavy atom. The van der Waals surface area contributed by atoms with Crippen LogP contribution in [0.25, 0.3) is 0 Å². The summed E-state index contributed by atoms with van der Waals surface area (Å²) in [6.07, 6.45) is -2.63. The molecule has 174 valence electrons. The molecule has 1 amide bonds. The van der Waals surface area contributed by atoms with E-state index >= 15 is 0 Å². The average Bonchev–Trinajstić information content (AvgIpc) is 3.15. The predicted octanol–water partition coefficient (Wildman–Crippen LogP) is 2.87. The first kappa shape index (κ1) is 23.8. The number of nitrogens with one attached hydrogen (secondary N) is 1. The number of ether oxygens (including phenoxy) is 1. The lowest BCUT2D eigenvalue weighted by molar-refractivity contribution is -0.137. The summed E-state index contributed by atoms with van der Waals surface area (Å²) in [6, 6.07) is 5.36. The molecule has 1 aliphatic heterocycles. The van der Waals surface area contributed by atoms with Gasteiger partial charge in [-0.2, -0.15) is 17.5 Å². The lowest BCUT2D eigenvalue weighted by atomic mass is 9.97. The highest BCUT2D eigenvalue weighted by Crippen LogP contribution is 2.30. The number of hydrogen-bond donors (Lipinski definition) is 1. The zero-order valence-electron chi connectivity index (χ0n) is 17.3. The summed E-state index contributed by atoms with van der Waals surface area (Å²) in [7, 11) is -1.14. The van der Waals surface area contributed by atoms with Gasteiger partial charge in [0.15, 0.2) is 0 Å². The number of piperidine rings is 1. The van der Waals surface area contributed by atoms with Crippen molar-refractivity contribution in [1.29, 1.82) is 0 Å². The molecule has 0 atom stereocenters. The minimum absolute atomic E-state index is 0.0481. The number of aryl methyl sites for hydroxylation is 1. The fourth-order valence-electron chi connectivity index (χ4n) is 3.48. The second kappa shape index (κ2) is 8.94. The number of carbonyl (C=O) groups is 2. The monoisotopic (exact) mass is 473 g/mol. The summed E-state index contributed by atoms with van der Waals surface area (Å²) in [6.45, 7) is 0.186. The van der Waals surface area contributed by atoms with Gasteiger partial charge in [-0.1, -0.05) is 0 Å². The number of methoxy groups -OCH3 is 1. The highest BCUT2D eigenvalue weighted by atomic mass is 32.2. The molecule has 0 unspecified atom stereocenters. The van der Waals surface area contributed by atoms with E-state index in [4.69, 9.17) is 0 Å². The number of esters is 1. The number of nitrogens with zero attached hydrogens (tertiary/aromatic N) is 2. The molecule has 0 bridgehead atoms. The molecular formula is C20H22F3N3O5S. The summed E-state index contributed by atoms with van der Waals surface area (Å²) in [5, 5.41) is 2.58. The van der Waals surface area contributed by atoms with E-state index in [1.807, 2.05) is 0 Å². The molecule has 0 aliphatic carbocycles. The van der Waals surface area contributed by atoms with Gasteiger partial charge in [-0.15, -0.1) is 0 Å². The van der Waals surface area contributed by atoms with E-state index in [0.29, 0.717) is 0 Å². The van der Waals surface area contributed by atoms with Gasteiger partial charge in [0.2, 0.25) is 15.9 Å². The molecule has 2 aromatic rings. The van der Waals surface area contributed by atoms with E-state index < -0.39 is 33.7 Å². The Hall–Kier alpha value is -2.86. The average molecular weight is 473 g/mol. The number of benzene rings is 1. The molecule has 8 nitrogen and oxygen atoms in total. The van der Waals surface area contributed by atoms with Gasteiger partial charge in [0.05, 0.1) is 12.7 Å². The van der Waals surface area contributed by atoms with Gasteiger partial charge in [-0.25, -0.2) is 13.2 Å². The molecule has 2 heterocycles. The van der Waals surface area contributed by atoms with E-state index in [2.05, 4.69) is 10.1 Å². The number of alkyl halides is 3. The van der Waals surface area contributed by atoms with Crippen LogP contribution in [0.15, 0.2) is 41.4 Å². The maximum Gasteiger partial charge on any atom is 0.416 e. The van der Waals surface area contributed by atoms with Gasteiger partial charge in [-0.05, 0) is 43.2 Å². The molecule has 0 radical (unpaired) electrons. The first-order valence-corrected chi connectivity index (χ1v) is 11.1. The van der Waals surface area contributed by atoms with Crippen LogP contribution in [0.1, 0.15) is 28.9 Å². The Morgan fingerprint density at radius 2 is 1.72 bits per heavy atom. The van der Waals surface area contributed by atoms with E-state index in [9.17, 15) is 31.2 Å². The molecular weight excluding hydrogens is 451 g/mol. The summed E-state index contributed by atoms with van der Waals surface area (Å²) in [4.78, 5) is 24.2. The maximum absolute atomic E-state index is 12.9. The van der Waals surface area contributed by atoms with Crippen LogP contribution in [0.3, 0.4) is 0 Å². The Labute approximate surface area is 183 Å². The van der Waals surface area contributed by atoms with Crippen LogP contribution in [0.2, 0.25) is 0 Å². The molecule has 0 spiro atoms. The van der Waals surface area contributed by atoms with Crippen molar-refractivity contribution < 1.29 is 35.9 Å². The second-order valence-electron chi connectivity index (χ2n) is 7.41. The molecule has 1 aromatic heterocycles. The molecule has 3 rings (SSSR count). The first-order valence-electron chi connectivity index (χ1n) is 9.66. The number of aromatic nitrogens is 1. The summed E-state index contributed by atoms with van der Waals surface area (Å²) >= 11 is 0. The lowest BCUT2D eigenvalue weighted by Gasteiger charge is -2.30. The molecule has 32 heavy (non-hydrogen) atoms. The molecule has 1 aliphatic rings. The fraction of sp³-hybridized carbons (Fsp3) is 0.400. The van der Waals surface area contributed by atoms with E-state index in [-0.39, 0.29) is 48.1 Å². The number of anilines is 1. The summed E-state index contributed by atoms with van der Waals surface area (Å²) in [5.41, 5.74) is -0.486. The van der Waals surface area contributed by atoms with Gasteiger partial charge in [0.25, 0.3) is 0 Å². The van der Waals surface area contributed by atoms with Crippen molar-refractivity contribution >= 4 is 27.6 Å². The molecule has 12 heteroatoms. The van der Waals surface area contributed by atoms with Crippen LogP contribution in [-0.4, -0.2) is 49.4 Å². The van der Waals surface area contributed by atoms with Crippen molar-refractivity contribution in [3.8, 4) is 0 Å². The SMILES string of the molecule is COC(=O)c1cc(S(=O)(=O)N2CCC(C(=O)Nc3ccc(C(F)(F)F)cc3)CC2)cn1C. The van der Waals surface area contributed by atoms with Gasteiger partial charge in [-0.3, -0.25) is 4.79 Å². The molecule has 1 fully saturated rings. The van der Waals surface area contributed by atoms with Crippen molar-refractivity contribution in [2.24, 2.45) is 13.0 Å². The predicted molar refractivity (Wildman–Crippen MR) is 108 cm³/mol. The quantitative estimate of drug-likeness (QED) is 0.674. The van der Waals surface area contributed by atoms with Crippen molar-refractivity contribution in [2.45, 2.75) is 23.9 Å². The largest absolute Gasteiger partial charge is 0.464 e. The highest BCUT2D eigenvalue weighted by Gasteiger charge is 2.34. The van der Waals surface area contributed by atoms with Crippen LogP contribution in [0.5, 0.6) is 0 Å². The van der Waals surface area contributed by atoms with Crippen molar-refractivity contribution in [3.63, 3.8) is 0 Å². The Balaban J connectivity index is 1.62. The smallest absolute Gasteiger partial charge is 0.416 e. The van der Waals surface area contributed by atoms with Crippen LogP contribution in [0.4, 0.5) is 18.9 Å². The van der Waals surface area contributed by atoms with Crippen molar-refractivity contribution in [2.75, 3.05) is 25.5 Å². The number of rotatable bonds is 5. The van der Waals surface area contributed by atoms with Crippen LogP contribution in [-0.2, 0) is 32.8 Å². The number of halogens is 3. The van der Waals surface area contributed by atoms with Crippen LogP contribution < -0.4 is 5.32 Å². The van der Waals surface area contributed by atoms with E-state index in [0.717, 1.165) is 12.1 Å². The maximum atomic E-state index is 12.9. The van der Waals surface area contributed by atoms with Gasteiger partial charge in [0, 0.05) is 37.9 Å². The van der Waals surface area contributed by atoms with Crippen LogP contribution >= 0.6 is 0 Å². The van der Waals surface area contributed by atoms with E-state index in [1.165, 1.54) is 47.4 Å². The second-order valence-corrected chi connectivity index (χ2v) is 9.34. The van der Waals surface area contributed by atoms with Crippen molar-refractivity contribution in [3.05, 3.63) is 47.8 Å². The topological polar surface area (TPSA) is 97.7 Å². The van der Waals surface area contributed by atoms with Crippen molar-refractivity contribution in [1.82, 2.24) is 8.87 Å². The zero-order chi connectivity index (χ0) is 23.7. The minimum atomic E-state index is -4.46. The lowest BCUT2D eigenvalue weighted by Crippen LogP contribution is -2.41. The van der Waals surface area contributed by atoms with Gasteiger partial charge >= 0.3 is 12.1 Å². The van der Waals surface area contributed by atoms with E-state index in [1.54, 1.807) is 0 Å². The van der Waals surface area contributed by atoms with Gasteiger partial charge in [0.1, 0.15) is 10.6 Å². The first-order chi connectivity index (χ1) is 14.9. The number of sulfonamides is 1.